The second kappa shape index (κ2) is 5.57. The van der Waals surface area contributed by atoms with Crippen LogP contribution in [0.5, 0.6) is 0 Å². The fourth-order valence-electron chi connectivity index (χ4n) is 2.88. The zero-order chi connectivity index (χ0) is 13.1. The van der Waals surface area contributed by atoms with Gasteiger partial charge in [-0.1, -0.05) is 6.58 Å². The Kier molecular flexibility index (Phi) is 4.07. The number of likely N-dealkylation sites (tertiary alicyclic amines) is 1. The first-order chi connectivity index (χ1) is 8.59. The van der Waals surface area contributed by atoms with Gasteiger partial charge >= 0.3 is 0 Å². The average Bonchev–Trinajstić information content (AvgIpc) is 2.94. The zero-order valence-corrected chi connectivity index (χ0v) is 11.3. The van der Waals surface area contributed by atoms with Crippen molar-refractivity contribution in [2.45, 2.75) is 51.7 Å². The van der Waals surface area contributed by atoms with E-state index in [4.69, 9.17) is 0 Å². The largest absolute Gasteiger partial charge is 0.506 e. The lowest BCUT2D eigenvalue weighted by Crippen LogP contribution is -2.36. The molecule has 0 aromatic carbocycles. The topological polar surface area (TPSA) is 41.3 Å². The number of nitrogens with zero attached hydrogens (tertiary/aromatic N) is 3. The first-order valence-corrected chi connectivity index (χ1v) is 6.75. The molecule has 0 unspecified atom stereocenters. The second-order valence-corrected chi connectivity index (χ2v) is 5.30. The van der Waals surface area contributed by atoms with Gasteiger partial charge in [0.1, 0.15) is 11.5 Å². The lowest BCUT2D eigenvalue weighted by Gasteiger charge is -2.28. The van der Waals surface area contributed by atoms with Crippen molar-refractivity contribution in [3.8, 4) is 0 Å². The van der Waals surface area contributed by atoms with Crippen LogP contribution in [-0.4, -0.2) is 38.4 Å². The molecular formula is C14H23N3O. The zero-order valence-electron chi connectivity index (χ0n) is 11.3. The van der Waals surface area contributed by atoms with Crippen LogP contribution in [-0.2, 0) is 6.54 Å². The SMILES string of the molecule is C=C(O)c1ccnn1CC[C@@H]1CCCN1C(C)C. The van der Waals surface area contributed by atoms with Crippen molar-refractivity contribution in [1.82, 2.24) is 14.7 Å². The molecular weight excluding hydrogens is 226 g/mol. The highest BCUT2D eigenvalue weighted by Crippen LogP contribution is 2.23. The van der Waals surface area contributed by atoms with Crippen LogP contribution in [0.4, 0.5) is 0 Å². The number of aryl methyl sites for hydroxylation is 1. The van der Waals surface area contributed by atoms with Crippen LogP contribution in [0.3, 0.4) is 0 Å². The summed E-state index contributed by atoms with van der Waals surface area (Å²) in [7, 11) is 0. The summed E-state index contributed by atoms with van der Waals surface area (Å²) in [6.45, 7) is 10.1. The fourth-order valence-corrected chi connectivity index (χ4v) is 2.88. The molecule has 2 heterocycles. The van der Waals surface area contributed by atoms with Gasteiger partial charge in [-0.2, -0.15) is 5.10 Å². The van der Waals surface area contributed by atoms with E-state index < -0.39 is 0 Å². The molecule has 100 valence electrons. The maximum Gasteiger partial charge on any atom is 0.133 e. The predicted molar refractivity (Wildman–Crippen MR) is 73.4 cm³/mol. The molecule has 4 heteroatoms. The van der Waals surface area contributed by atoms with Gasteiger partial charge in [-0.05, 0) is 45.7 Å². The Labute approximate surface area is 109 Å². The number of rotatable bonds is 5. The van der Waals surface area contributed by atoms with Crippen molar-refractivity contribution in [3.05, 3.63) is 24.5 Å². The Bertz CT molecular complexity index is 411. The van der Waals surface area contributed by atoms with Gasteiger partial charge in [0.05, 0.1) is 0 Å². The van der Waals surface area contributed by atoms with Crippen molar-refractivity contribution in [1.29, 1.82) is 0 Å². The van der Waals surface area contributed by atoms with Crippen molar-refractivity contribution < 1.29 is 5.11 Å². The number of hydrogen-bond acceptors (Lipinski definition) is 3. The Hall–Kier alpha value is -1.29. The minimum atomic E-state index is 0.0969. The molecule has 1 aliphatic heterocycles. The van der Waals surface area contributed by atoms with E-state index in [9.17, 15) is 5.11 Å². The highest BCUT2D eigenvalue weighted by atomic mass is 16.3. The van der Waals surface area contributed by atoms with E-state index in [1.165, 1.54) is 19.4 Å². The quantitative estimate of drug-likeness (QED) is 0.816. The molecule has 1 saturated heterocycles. The van der Waals surface area contributed by atoms with Gasteiger partial charge < -0.3 is 5.11 Å². The van der Waals surface area contributed by atoms with Crippen molar-refractivity contribution in [2.75, 3.05) is 6.54 Å². The third-order valence-electron chi connectivity index (χ3n) is 3.77. The Balaban J connectivity index is 1.95. The molecule has 1 aromatic heterocycles. The standard InChI is InChI=1S/C14H23N3O/c1-11(2)16-9-4-5-13(16)7-10-17-14(12(3)18)6-8-15-17/h6,8,11,13,18H,3-5,7,9-10H2,1-2H3/t13-/m0/s1. The number of hydrogen-bond donors (Lipinski definition) is 1. The Morgan fingerprint density at radius 2 is 2.39 bits per heavy atom. The Morgan fingerprint density at radius 3 is 3.06 bits per heavy atom. The molecule has 1 aliphatic rings. The summed E-state index contributed by atoms with van der Waals surface area (Å²) in [5.41, 5.74) is 0.726. The van der Waals surface area contributed by atoms with E-state index in [2.05, 4.69) is 30.4 Å². The fraction of sp³-hybridized carbons (Fsp3) is 0.643. The van der Waals surface area contributed by atoms with Gasteiger partial charge in [-0.3, -0.25) is 9.58 Å². The van der Waals surface area contributed by atoms with Gasteiger partial charge in [0.25, 0.3) is 0 Å². The van der Waals surface area contributed by atoms with Crippen molar-refractivity contribution >= 4 is 5.76 Å². The first kappa shape index (κ1) is 13.1. The molecule has 0 radical (unpaired) electrons. The van der Waals surface area contributed by atoms with Gasteiger partial charge in [0.2, 0.25) is 0 Å². The number of aliphatic hydroxyl groups is 1. The molecule has 4 nitrogen and oxygen atoms in total. The highest BCUT2D eigenvalue weighted by molar-refractivity contribution is 5.51. The maximum atomic E-state index is 9.46. The Morgan fingerprint density at radius 1 is 1.61 bits per heavy atom. The molecule has 1 aromatic rings. The van der Waals surface area contributed by atoms with Crippen LogP contribution in [0.1, 0.15) is 38.8 Å². The number of aliphatic hydroxyl groups excluding tert-OH is 1. The molecule has 0 saturated carbocycles. The number of aromatic nitrogens is 2. The summed E-state index contributed by atoms with van der Waals surface area (Å²) in [6, 6.07) is 3.06. The van der Waals surface area contributed by atoms with Crippen molar-refractivity contribution in [3.63, 3.8) is 0 Å². The van der Waals surface area contributed by atoms with Gasteiger partial charge in [0, 0.05) is 24.8 Å². The van der Waals surface area contributed by atoms with Crippen LogP contribution in [0.25, 0.3) is 5.76 Å². The average molecular weight is 249 g/mol. The smallest absolute Gasteiger partial charge is 0.133 e. The highest BCUT2D eigenvalue weighted by Gasteiger charge is 2.26. The molecule has 0 amide bonds. The summed E-state index contributed by atoms with van der Waals surface area (Å²) in [6.07, 6.45) is 5.36. The second-order valence-electron chi connectivity index (χ2n) is 5.30. The van der Waals surface area contributed by atoms with E-state index in [1.54, 1.807) is 12.3 Å². The molecule has 0 bridgehead atoms. The van der Waals surface area contributed by atoms with Gasteiger partial charge in [-0.25, -0.2) is 0 Å². The summed E-state index contributed by atoms with van der Waals surface area (Å²) in [5.74, 6) is 0.0969. The van der Waals surface area contributed by atoms with E-state index in [-0.39, 0.29) is 5.76 Å². The lowest BCUT2D eigenvalue weighted by atomic mass is 10.1. The first-order valence-electron chi connectivity index (χ1n) is 6.75. The summed E-state index contributed by atoms with van der Waals surface area (Å²) < 4.78 is 1.85. The van der Waals surface area contributed by atoms with Crippen LogP contribution in [0.15, 0.2) is 18.8 Å². The lowest BCUT2D eigenvalue weighted by molar-refractivity contribution is 0.189. The molecule has 1 fully saturated rings. The van der Waals surface area contributed by atoms with Gasteiger partial charge in [-0.15, -0.1) is 0 Å². The normalized spacial score (nSPS) is 20.7. The molecule has 1 atom stereocenters. The van der Waals surface area contributed by atoms with Crippen molar-refractivity contribution in [2.24, 2.45) is 0 Å². The van der Waals surface area contributed by atoms with Gasteiger partial charge in [0.15, 0.2) is 0 Å². The van der Waals surface area contributed by atoms with E-state index in [1.807, 2.05) is 4.68 Å². The summed E-state index contributed by atoms with van der Waals surface area (Å²) >= 11 is 0. The molecule has 0 aliphatic carbocycles. The van der Waals surface area contributed by atoms with E-state index in [0.717, 1.165) is 18.7 Å². The van der Waals surface area contributed by atoms with Crippen LogP contribution >= 0.6 is 0 Å². The molecule has 0 spiro atoms. The molecule has 2 rings (SSSR count). The van der Waals surface area contributed by atoms with E-state index in [0.29, 0.717) is 12.1 Å². The minimum Gasteiger partial charge on any atom is -0.506 e. The molecule has 1 N–H and O–H groups in total. The molecule has 18 heavy (non-hydrogen) atoms. The summed E-state index contributed by atoms with van der Waals surface area (Å²) in [4.78, 5) is 2.57. The predicted octanol–water partition coefficient (Wildman–Crippen LogP) is 2.67. The summed E-state index contributed by atoms with van der Waals surface area (Å²) in [5, 5.41) is 13.7. The van der Waals surface area contributed by atoms with Crippen LogP contribution < -0.4 is 0 Å². The third kappa shape index (κ3) is 2.75. The van der Waals surface area contributed by atoms with Crippen LogP contribution in [0.2, 0.25) is 0 Å². The minimum absolute atomic E-state index is 0.0969. The maximum absolute atomic E-state index is 9.46. The van der Waals surface area contributed by atoms with E-state index >= 15 is 0 Å². The monoisotopic (exact) mass is 249 g/mol. The third-order valence-corrected chi connectivity index (χ3v) is 3.77. The van der Waals surface area contributed by atoms with Crippen LogP contribution in [0, 0.1) is 0 Å².